The van der Waals surface area contributed by atoms with Gasteiger partial charge in [0.15, 0.2) is 17.2 Å². The summed E-state index contributed by atoms with van der Waals surface area (Å²) in [6, 6.07) is 0. The van der Waals surface area contributed by atoms with E-state index in [-0.39, 0.29) is 10.8 Å². The van der Waals surface area contributed by atoms with E-state index in [4.69, 9.17) is 46.3 Å². The molecule has 2 fully saturated rings. The van der Waals surface area contributed by atoms with E-state index in [2.05, 4.69) is 30.9 Å². The van der Waals surface area contributed by atoms with Crippen LogP contribution in [0.5, 0.6) is 0 Å². The maximum Gasteiger partial charge on any atom is 0.165 e. The highest BCUT2D eigenvalue weighted by molar-refractivity contribution is 9.10. The largest absolute Gasteiger partial charge is 0.382 e. The predicted molar refractivity (Wildman–Crippen MR) is 134 cm³/mol. The normalized spacial score (nSPS) is 20.7. The number of rotatable bonds is 6. The Morgan fingerprint density at radius 3 is 2.67 bits per heavy atom. The minimum atomic E-state index is -0.912. The first-order chi connectivity index (χ1) is 15.7. The summed E-state index contributed by atoms with van der Waals surface area (Å²) in [4.78, 5) is 27.6. The van der Waals surface area contributed by atoms with E-state index in [1.54, 1.807) is 6.33 Å². The zero-order valence-corrected chi connectivity index (χ0v) is 21.3. The van der Waals surface area contributed by atoms with Crippen LogP contribution in [0.25, 0.3) is 11.2 Å². The number of nitrogens with zero attached hydrogens (tertiary/aromatic N) is 5. The molecule has 1 aromatic carbocycles. The number of fused-ring (bicyclic) bond motifs is 1. The highest BCUT2D eigenvalue weighted by Crippen LogP contribution is 2.48. The highest BCUT2D eigenvalue weighted by atomic mass is 79.9. The zero-order valence-electron chi connectivity index (χ0n) is 17.5. The summed E-state index contributed by atoms with van der Waals surface area (Å²) in [7, 11) is 0. The number of aromatic nitrogens is 4. The SMILES string of the molecule is Nc1ncnc2c1ncn2Cc1c(Br)c(Cl)c(Cl)c(Cl)c1N1CCC(N)(C(=O)CC2CC2)C1. The lowest BCUT2D eigenvalue weighted by Crippen LogP contribution is -2.50. The lowest BCUT2D eigenvalue weighted by Gasteiger charge is -2.28. The fraction of sp³-hybridized carbons (Fsp3) is 0.429. The third-order valence-corrected chi connectivity index (χ3v) is 8.86. The summed E-state index contributed by atoms with van der Waals surface area (Å²) in [5.41, 5.74) is 14.2. The van der Waals surface area contributed by atoms with Crippen molar-refractivity contribution < 1.29 is 4.79 Å². The topological polar surface area (TPSA) is 116 Å². The van der Waals surface area contributed by atoms with Gasteiger partial charge in [0.2, 0.25) is 0 Å². The van der Waals surface area contributed by atoms with Gasteiger partial charge < -0.3 is 20.9 Å². The number of imidazole rings is 1. The highest BCUT2D eigenvalue weighted by Gasteiger charge is 2.44. The number of Topliss-reactive ketones (excluding diaryl/α,β-unsaturated/α-hetero) is 1. The Labute approximate surface area is 213 Å². The molecule has 1 aliphatic carbocycles. The van der Waals surface area contributed by atoms with Gasteiger partial charge in [0.25, 0.3) is 0 Å². The van der Waals surface area contributed by atoms with Crippen LogP contribution in [-0.2, 0) is 11.3 Å². The van der Waals surface area contributed by atoms with Crippen molar-refractivity contribution in [2.75, 3.05) is 23.7 Å². The van der Waals surface area contributed by atoms with Crippen LogP contribution < -0.4 is 16.4 Å². The van der Waals surface area contributed by atoms with Crippen molar-refractivity contribution >= 4 is 79.2 Å². The van der Waals surface area contributed by atoms with Crippen LogP contribution in [0.15, 0.2) is 17.1 Å². The van der Waals surface area contributed by atoms with Crippen molar-refractivity contribution in [3.05, 3.63) is 37.8 Å². The van der Waals surface area contributed by atoms with Crippen LogP contribution >= 0.6 is 50.7 Å². The van der Waals surface area contributed by atoms with Crippen LogP contribution in [0, 0.1) is 5.92 Å². The molecule has 5 rings (SSSR count). The average molecular weight is 574 g/mol. The number of nitrogen functional groups attached to an aromatic ring is 1. The van der Waals surface area contributed by atoms with E-state index in [9.17, 15) is 4.79 Å². The van der Waals surface area contributed by atoms with Crippen molar-refractivity contribution in [1.82, 2.24) is 19.5 Å². The Bertz CT molecular complexity index is 1280. The molecule has 1 saturated heterocycles. The number of anilines is 2. The average Bonchev–Trinajstić information content (AvgIpc) is 3.37. The number of ketones is 1. The number of hydrogen-bond donors (Lipinski definition) is 2. The first kappa shape index (κ1) is 23.1. The molecule has 0 bridgehead atoms. The van der Waals surface area contributed by atoms with Gasteiger partial charge >= 0.3 is 0 Å². The van der Waals surface area contributed by atoms with E-state index < -0.39 is 5.54 Å². The Kier molecular flexibility index (Phi) is 5.98. The zero-order chi connectivity index (χ0) is 23.5. The van der Waals surface area contributed by atoms with Crippen LogP contribution in [0.3, 0.4) is 0 Å². The third-order valence-electron chi connectivity index (χ3n) is 6.44. The van der Waals surface area contributed by atoms with Crippen LogP contribution in [0.2, 0.25) is 15.1 Å². The van der Waals surface area contributed by atoms with Crippen LogP contribution in [-0.4, -0.2) is 43.9 Å². The molecule has 2 aromatic heterocycles. The summed E-state index contributed by atoms with van der Waals surface area (Å²) in [6.07, 6.45) is 6.32. The summed E-state index contributed by atoms with van der Waals surface area (Å²) >= 11 is 23.3. The second-order valence-corrected chi connectivity index (χ2v) is 10.7. The van der Waals surface area contributed by atoms with Gasteiger partial charge in [0.05, 0.1) is 39.2 Å². The van der Waals surface area contributed by atoms with E-state index in [0.29, 0.717) is 75.6 Å². The number of halogens is 4. The third kappa shape index (κ3) is 4.08. The molecule has 0 radical (unpaired) electrons. The van der Waals surface area contributed by atoms with Crippen LogP contribution in [0.4, 0.5) is 11.5 Å². The van der Waals surface area contributed by atoms with Crippen molar-refractivity contribution in [3.63, 3.8) is 0 Å². The number of carbonyl (C=O) groups excluding carboxylic acids is 1. The molecule has 1 saturated carbocycles. The molecule has 33 heavy (non-hydrogen) atoms. The molecule has 1 aliphatic heterocycles. The number of benzene rings is 1. The van der Waals surface area contributed by atoms with E-state index in [1.807, 2.05) is 9.47 Å². The van der Waals surface area contributed by atoms with Crippen molar-refractivity contribution in [3.8, 4) is 0 Å². The Morgan fingerprint density at radius 2 is 1.94 bits per heavy atom. The minimum absolute atomic E-state index is 0.108. The first-order valence-electron chi connectivity index (χ1n) is 10.5. The number of hydrogen-bond acceptors (Lipinski definition) is 7. The second-order valence-electron chi connectivity index (χ2n) is 8.79. The molecule has 3 heterocycles. The summed E-state index contributed by atoms with van der Waals surface area (Å²) in [5, 5.41) is 0.865. The van der Waals surface area contributed by atoms with Crippen molar-refractivity contribution in [2.45, 2.75) is 37.8 Å². The minimum Gasteiger partial charge on any atom is -0.382 e. The monoisotopic (exact) mass is 571 g/mol. The van der Waals surface area contributed by atoms with Gasteiger partial charge in [0.1, 0.15) is 11.8 Å². The molecule has 0 amide bonds. The van der Waals surface area contributed by atoms with Gasteiger partial charge in [0, 0.05) is 29.5 Å². The van der Waals surface area contributed by atoms with E-state index >= 15 is 0 Å². The maximum atomic E-state index is 12.9. The fourth-order valence-corrected chi connectivity index (χ4v) is 5.76. The molecule has 174 valence electrons. The molecule has 4 N–H and O–H groups in total. The van der Waals surface area contributed by atoms with Gasteiger partial charge in [-0.05, 0) is 41.1 Å². The van der Waals surface area contributed by atoms with Gasteiger partial charge in [-0.15, -0.1) is 0 Å². The quantitative estimate of drug-likeness (QED) is 0.331. The molecular weight excluding hydrogens is 553 g/mol. The lowest BCUT2D eigenvalue weighted by atomic mass is 9.91. The van der Waals surface area contributed by atoms with Gasteiger partial charge in [-0.3, -0.25) is 4.79 Å². The Hall–Kier alpha value is -1.65. The molecule has 8 nitrogen and oxygen atoms in total. The number of nitrogens with two attached hydrogens (primary N) is 2. The molecule has 1 unspecified atom stereocenters. The Morgan fingerprint density at radius 1 is 1.18 bits per heavy atom. The van der Waals surface area contributed by atoms with E-state index in [1.165, 1.54) is 6.33 Å². The second kappa shape index (κ2) is 8.53. The first-order valence-corrected chi connectivity index (χ1v) is 12.5. The fourth-order valence-electron chi connectivity index (χ4n) is 4.36. The molecule has 0 spiro atoms. The van der Waals surface area contributed by atoms with Crippen LogP contribution in [0.1, 0.15) is 31.2 Å². The summed E-state index contributed by atoms with van der Waals surface area (Å²) < 4.78 is 2.44. The van der Waals surface area contributed by atoms with Crippen molar-refractivity contribution in [2.24, 2.45) is 11.7 Å². The summed E-state index contributed by atoms with van der Waals surface area (Å²) in [5.74, 6) is 0.887. The van der Waals surface area contributed by atoms with Crippen molar-refractivity contribution in [1.29, 1.82) is 0 Å². The molecular formula is C21H21BrCl3N7O. The smallest absolute Gasteiger partial charge is 0.165 e. The van der Waals surface area contributed by atoms with Gasteiger partial charge in [-0.25, -0.2) is 15.0 Å². The number of carbonyl (C=O) groups is 1. The molecule has 2 aliphatic rings. The lowest BCUT2D eigenvalue weighted by molar-refractivity contribution is -0.123. The Balaban J connectivity index is 1.55. The maximum absolute atomic E-state index is 12.9. The summed E-state index contributed by atoms with van der Waals surface area (Å²) in [6.45, 7) is 1.27. The van der Waals surface area contributed by atoms with Gasteiger partial charge in [-0.1, -0.05) is 34.8 Å². The molecule has 12 heteroatoms. The molecule has 3 aromatic rings. The predicted octanol–water partition coefficient (Wildman–Crippen LogP) is 4.46. The van der Waals surface area contributed by atoms with Gasteiger partial charge in [-0.2, -0.15) is 0 Å². The van der Waals surface area contributed by atoms with E-state index in [0.717, 1.165) is 18.4 Å². The standard InChI is InChI=1S/C21H21BrCl3N7O/c22-13-11(6-32-9-30-17-19(26)28-8-29-20(17)32)18(16(25)15(24)14(13)23)31-4-3-21(27,7-31)12(33)5-10-1-2-10/h8-10H,1-7,27H2,(H2,26,28,29). The molecule has 1 atom stereocenters.